The summed E-state index contributed by atoms with van der Waals surface area (Å²) < 4.78 is 34.6. The smallest absolute Gasteiger partial charge is 0.265 e. The van der Waals surface area contributed by atoms with Gasteiger partial charge >= 0.3 is 0 Å². The third-order valence-corrected chi connectivity index (χ3v) is 5.40. The maximum Gasteiger partial charge on any atom is 0.265 e. The quantitative estimate of drug-likeness (QED) is 0.888. The molecule has 1 N–H and O–H groups in total. The highest BCUT2D eigenvalue weighted by Crippen LogP contribution is 2.33. The number of amides is 1. The summed E-state index contributed by atoms with van der Waals surface area (Å²) in [5.74, 6) is 0.871. The number of hydrogen-bond acceptors (Lipinski definition) is 5. The lowest BCUT2D eigenvalue weighted by Crippen LogP contribution is -2.49. The molecule has 1 amide bonds. The number of hydrogen-bond donors (Lipinski definition) is 1. The van der Waals surface area contributed by atoms with Crippen LogP contribution in [0, 0.1) is 0 Å². The van der Waals surface area contributed by atoms with Crippen LogP contribution in [0.15, 0.2) is 53.4 Å². The van der Waals surface area contributed by atoms with Crippen molar-refractivity contribution in [2.45, 2.75) is 37.0 Å². The number of carbonyl (C=O) groups is 1. The fraction of sp³-hybridized carbons (Fsp3) is 0.316. The highest BCUT2D eigenvalue weighted by Gasteiger charge is 2.34. The molecule has 0 saturated heterocycles. The second kappa shape index (κ2) is 6.99. The number of rotatable bonds is 4. The van der Waals surface area contributed by atoms with Gasteiger partial charge in [-0.25, -0.2) is 8.42 Å². The first kappa shape index (κ1) is 18.3. The van der Waals surface area contributed by atoms with E-state index in [0.717, 1.165) is 11.8 Å². The molecule has 1 heterocycles. The first-order chi connectivity index (χ1) is 12.3. The van der Waals surface area contributed by atoms with Crippen molar-refractivity contribution in [1.29, 1.82) is 0 Å². The van der Waals surface area contributed by atoms with Crippen molar-refractivity contribution in [3.63, 3.8) is 0 Å². The topological polar surface area (TPSA) is 81.7 Å². The van der Waals surface area contributed by atoms with Crippen LogP contribution in [0.25, 0.3) is 0 Å². The Morgan fingerprint density at radius 3 is 2.19 bits per heavy atom. The van der Waals surface area contributed by atoms with E-state index in [-0.39, 0.29) is 16.8 Å². The summed E-state index contributed by atoms with van der Waals surface area (Å²) in [6.07, 6.45) is -0.0281. The molecule has 0 spiro atoms. The van der Waals surface area contributed by atoms with Crippen LogP contribution in [-0.4, -0.2) is 32.8 Å². The normalized spacial score (nSPS) is 20.3. The standard InChI is InChI=1S/C19H21NO5S/c1-12(14-8-10-15(11-9-14)26(3,22)23)20-19(21)18-13(2)24-16-6-4-5-7-17(16)25-18/h4-13,18H,1-3H3,(H,20,21). The Morgan fingerprint density at radius 2 is 1.62 bits per heavy atom. The summed E-state index contributed by atoms with van der Waals surface area (Å²) in [5.41, 5.74) is 0.801. The molecular weight excluding hydrogens is 354 g/mol. The van der Waals surface area contributed by atoms with E-state index in [9.17, 15) is 13.2 Å². The van der Waals surface area contributed by atoms with Crippen LogP contribution in [0.5, 0.6) is 11.5 Å². The number of nitrogens with one attached hydrogen (secondary N) is 1. The molecule has 0 radical (unpaired) electrons. The minimum Gasteiger partial charge on any atom is -0.482 e. The Hall–Kier alpha value is -2.54. The molecule has 0 bridgehead atoms. The van der Waals surface area contributed by atoms with E-state index < -0.39 is 22.0 Å². The van der Waals surface area contributed by atoms with Gasteiger partial charge in [0.25, 0.3) is 5.91 Å². The predicted molar refractivity (Wildman–Crippen MR) is 97.1 cm³/mol. The molecular formula is C19H21NO5S. The van der Waals surface area contributed by atoms with Crippen LogP contribution < -0.4 is 14.8 Å². The van der Waals surface area contributed by atoms with Gasteiger partial charge in [-0.05, 0) is 43.7 Å². The van der Waals surface area contributed by atoms with E-state index in [1.54, 1.807) is 31.2 Å². The average Bonchev–Trinajstić information content (AvgIpc) is 2.60. The Bertz CT molecular complexity index is 908. The molecule has 6 nitrogen and oxygen atoms in total. The molecule has 0 aliphatic carbocycles. The lowest BCUT2D eigenvalue weighted by Gasteiger charge is -2.31. The molecule has 2 aromatic carbocycles. The molecule has 3 unspecified atom stereocenters. The zero-order chi connectivity index (χ0) is 18.9. The number of carbonyl (C=O) groups excluding carboxylic acids is 1. The van der Waals surface area contributed by atoms with E-state index in [1.165, 1.54) is 12.1 Å². The van der Waals surface area contributed by atoms with Crippen LogP contribution in [0.2, 0.25) is 0 Å². The molecule has 3 rings (SSSR count). The Morgan fingerprint density at radius 1 is 1.04 bits per heavy atom. The van der Waals surface area contributed by atoms with Crippen molar-refractivity contribution in [1.82, 2.24) is 5.32 Å². The molecule has 0 fully saturated rings. The molecule has 7 heteroatoms. The van der Waals surface area contributed by atoms with Gasteiger partial charge in [-0.2, -0.15) is 0 Å². The largest absolute Gasteiger partial charge is 0.482 e. The van der Waals surface area contributed by atoms with Gasteiger partial charge in [-0.3, -0.25) is 4.79 Å². The minimum absolute atomic E-state index is 0.244. The molecule has 0 saturated carbocycles. The number of fused-ring (bicyclic) bond motifs is 1. The van der Waals surface area contributed by atoms with Crippen LogP contribution in [-0.2, 0) is 14.6 Å². The van der Waals surface area contributed by atoms with Crippen molar-refractivity contribution in [3.05, 3.63) is 54.1 Å². The number of sulfone groups is 1. The van der Waals surface area contributed by atoms with Crippen molar-refractivity contribution < 1.29 is 22.7 Å². The van der Waals surface area contributed by atoms with Gasteiger partial charge in [0.05, 0.1) is 10.9 Å². The van der Waals surface area contributed by atoms with Crippen molar-refractivity contribution in [2.24, 2.45) is 0 Å². The lowest BCUT2D eigenvalue weighted by molar-refractivity contribution is -0.134. The number of para-hydroxylation sites is 2. The second-order valence-corrected chi connectivity index (χ2v) is 8.40. The molecule has 3 atom stereocenters. The minimum atomic E-state index is -3.25. The Balaban J connectivity index is 1.69. The SMILES string of the molecule is CC(NC(=O)C1Oc2ccccc2OC1C)c1ccc(S(C)(=O)=O)cc1. The fourth-order valence-corrected chi connectivity index (χ4v) is 3.42. The predicted octanol–water partition coefficient (Wildman–Crippen LogP) is 2.50. The van der Waals surface area contributed by atoms with Gasteiger partial charge in [0.15, 0.2) is 21.3 Å². The van der Waals surface area contributed by atoms with Gasteiger partial charge in [0.2, 0.25) is 6.10 Å². The maximum atomic E-state index is 12.6. The first-order valence-electron chi connectivity index (χ1n) is 8.28. The van der Waals surface area contributed by atoms with Crippen LogP contribution >= 0.6 is 0 Å². The van der Waals surface area contributed by atoms with E-state index in [1.807, 2.05) is 19.1 Å². The summed E-state index contributed by atoms with van der Waals surface area (Å²) in [7, 11) is -3.25. The van der Waals surface area contributed by atoms with Crippen molar-refractivity contribution in [2.75, 3.05) is 6.26 Å². The zero-order valence-electron chi connectivity index (χ0n) is 14.8. The molecule has 2 aromatic rings. The van der Waals surface area contributed by atoms with Gasteiger partial charge in [0.1, 0.15) is 6.10 Å². The molecule has 138 valence electrons. The summed E-state index contributed by atoms with van der Waals surface area (Å²) >= 11 is 0. The lowest BCUT2D eigenvalue weighted by atomic mass is 10.1. The first-order valence-corrected chi connectivity index (χ1v) is 10.2. The summed E-state index contributed by atoms with van der Waals surface area (Å²) in [4.78, 5) is 12.9. The third kappa shape index (κ3) is 3.83. The van der Waals surface area contributed by atoms with E-state index >= 15 is 0 Å². The summed E-state index contributed by atoms with van der Waals surface area (Å²) in [6.45, 7) is 3.61. The molecule has 1 aliphatic heterocycles. The maximum absolute atomic E-state index is 12.6. The fourth-order valence-electron chi connectivity index (χ4n) is 2.79. The van der Waals surface area contributed by atoms with Gasteiger partial charge in [-0.1, -0.05) is 24.3 Å². The van der Waals surface area contributed by atoms with Gasteiger partial charge < -0.3 is 14.8 Å². The molecule has 0 aromatic heterocycles. The highest BCUT2D eigenvalue weighted by atomic mass is 32.2. The average molecular weight is 375 g/mol. The van der Waals surface area contributed by atoms with Crippen LogP contribution in [0.1, 0.15) is 25.5 Å². The summed E-state index contributed by atoms with van der Waals surface area (Å²) in [5, 5.41) is 2.89. The Labute approximate surface area is 153 Å². The van der Waals surface area contributed by atoms with Crippen molar-refractivity contribution >= 4 is 15.7 Å². The Kier molecular flexibility index (Phi) is 4.91. The second-order valence-electron chi connectivity index (χ2n) is 6.38. The van der Waals surface area contributed by atoms with Crippen LogP contribution in [0.4, 0.5) is 0 Å². The third-order valence-electron chi connectivity index (χ3n) is 4.27. The van der Waals surface area contributed by atoms with E-state index in [2.05, 4.69) is 5.32 Å². The molecule has 1 aliphatic rings. The van der Waals surface area contributed by atoms with E-state index in [0.29, 0.717) is 11.5 Å². The monoisotopic (exact) mass is 375 g/mol. The number of ether oxygens (including phenoxy) is 2. The number of benzene rings is 2. The van der Waals surface area contributed by atoms with Gasteiger partial charge in [0, 0.05) is 6.26 Å². The summed E-state index contributed by atoms with van der Waals surface area (Å²) in [6, 6.07) is 13.4. The molecule has 26 heavy (non-hydrogen) atoms. The van der Waals surface area contributed by atoms with E-state index in [4.69, 9.17) is 9.47 Å². The van der Waals surface area contributed by atoms with Gasteiger partial charge in [-0.15, -0.1) is 0 Å². The van der Waals surface area contributed by atoms with Crippen molar-refractivity contribution in [3.8, 4) is 11.5 Å². The highest BCUT2D eigenvalue weighted by molar-refractivity contribution is 7.90. The zero-order valence-corrected chi connectivity index (χ0v) is 15.6. The van der Waals surface area contributed by atoms with Crippen LogP contribution in [0.3, 0.4) is 0 Å².